The van der Waals surface area contributed by atoms with Crippen molar-refractivity contribution >= 4 is 11.9 Å². The normalized spacial score (nSPS) is 24.2. The van der Waals surface area contributed by atoms with E-state index in [-0.39, 0.29) is 24.3 Å². The summed E-state index contributed by atoms with van der Waals surface area (Å²) in [7, 11) is 2.07. The summed E-state index contributed by atoms with van der Waals surface area (Å²) in [5.74, 6) is -0.887. The summed E-state index contributed by atoms with van der Waals surface area (Å²) < 4.78 is 4.94. The minimum atomic E-state index is -0.579. The molecule has 22 heavy (non-hydrogen) atoms. The van der Waals surface area contributed by atoms with E-state index >= 15 is 0 Å². The van der Waals surface area contributed by atoms with Crippen molar-refractivity contribution in [3.63, 3.8) is 0 Å². The van der Waals surface area contributed by atoms with E-state index in [1.807, 2.05) is 6.20 Å². The van der Waals surface area contributed by atoms with Crippen LogP contribution in [0, 0.1) is 0 Å². The van der Waals surface area contributed by atoms with Crippen molar-refractivity contribution in [2.45, 2.75) is 32.4 Å². The molecule has 1 fully saturated rings. The van der Waals surface area contributed by atoms with Gasteiger partial charge in [0.15, 0.2) is 0 Å². The predicted octanol–water partition coefficient (Wildman–Crippen LogP) is 1.09. The number of esters is 1. The smallest absolute Gasteiger partial charge is 0.345 e. The first kappa shape index (κ1) is 14.7. The molecule has 0 unspecified atom stereocenters. The highest BCUT2D eigenvalue weighted by molar-refractivity contribution is 6.17. The zero-order valence-electron chi connectivity index (χ0n) is 13.0. The number of hydrogen-bond donors (Lipinski definition) is 1. The van der Waals surface area contributed by atoms with Crippen LogP contribution < -0.4 is 5.32 Å². The van der Waals surface area contributed by atoms with Gasteiger partial charge in [-0.1, -0.05) is 0 Å². The number of likely N-dealkylation sites (tertiary alicyclic amines) is 1. The Morgan fingerprint density at radius 3 is 3.05 bits per heavy atom. The first-order valence-corrected chi connectivity index (χ1v) is 7.72. The second kappa shape index (κ2) is 5.87. The fourth-order valence-electron chi connectivity index (χ4n) is 3.04. The third kappa shape index (κ3) is 2.49. The molecule has 1 amide bonds. The van der Waals surface area contributed by atoms with Crippen LogP contribution in [0.3, 0.4) is 0 Å². The Kier molecular flexibility index (Phi) is 3.92. The summed E-state index contributed by atoms with van der Waals surface area (Å²) >= 11 is 0. The predicted molar refractivity (Wildman–Crippen MR) is 81.1 cm³/mol. The molecule has 0 aromatic carbocycles. The molecule has 0 saturated carbocycles. The van der Waals surface area contributed by atoms with Gasteiger partial charge >= 0.3 is 5.97 Å². The zero-order valence-corrected chi connectivity index (χ0v) is 13.0. The highest BCUT2D eigenvalue weighted by Gasteiger charge is 2.35. The molecule has 6 heteroatoms. The number of nitrogens with zero attached hydrogens (tertiary/aromatic N) is 2. The Labute approximate surface area is 130 Å². The third-order valence-corrected chi connectivity index (χ3v) is 4.20. The maximum Gasteiger partial charge on any atom is 0.345 e. The van der Waals surface area contributed by atoms with Gasteiger partial charge in [0.25, 0.3) is 5.91 Å². The van der Waals surface area contributed by atoms with Crippen LogP contribution in [-0.4, -0.2) is 48.0 Å². The molecular weight excluding hydrogens is 282 g/mol. The van der Waals surface area contributed by atoms with Crippen molar-refractivity contribution in [1.82, 2.24) is 15.1 Å². The van der Waals surface area contributed by atoms with Crippen molar-refractivity contribution < 1.29 is 14.3 Å². The molecule has 0 spiro atoms. The molecule has 1 atom stereocenters. The standard InChI is InChI=1S/C16H21N3O3/c1-3-22-16(21)12-9-17-14-8-13-11(10-19(14)15(12)20)6-4-5-7-18(13)2/h8-10,14,17H,3-7H2,1-2H3/t14-/m0/s1. The quantitative estimate of drug-likeness (QED) is 0.611. The number of allylic oxidation sites excluding steroid dienone is 1. The number of fused-ring (bicyclic) bond motifs is 2. The largest absolute Gasteiger partial charge is 0.462 e. The Balaban J connectivity index is 1.89. The Hall–Kier alpha value is -2.24. The molecular formula is C16H21N3O3. The van der Waals surface area contributed by atoms with Gasteiger partial charge in [-0.2, -0.15) is 0 Å². The lowest BCUT2D eigenvalue weighted by Crippen LogP contribution is -2.50. The van der Waals surface area contributed by atoms with Crippen LogP contribution in [0.1, 0.15) is 26.2 Å². The average molecular weight is 303 g/mol. The molecule has 1 saturated heterocycles. The van der Waals surface area contributed by atoms with Crippen LogP contribution in [0.2, 0.25) is 0 Å². The van der Waals surface area contributed by atoms with Gasteiger partial charge in [0, 0.05) is 31.7 Å². The fraction of sp³-hybridized carbons (Fsp3) is 0.500. The molecule has 3 aliphatic rings. The van der Waals surface area contributed by atoms with Crippen molar-refractivity contribution in [2.24, 2.45) is 0 Å². The molecule has 6 nitrogen and oxygen atoms in total. The number of ether oxygens (including phenoxy) is 1. The van der Waals surface area contributed by atoms with E-state index in [0.29, 0.717) is 0 Å². The van der Waals surface area contributed by atoms with Crippen LogP contribution in [0.25, 0.3) is 0 Å². The van der Waals surface area contributed by atoms with E-state index in [2.05, 4.69) is 23.3 Å². The van der Waals surface area contributed by atoms with E-state index in [1.54, 1.807) is 11.8 Å². The van der Waals surface area contributed by atoms with Crippen molar-refractivity contribution in [1.29, 1.82) is 0 Å². The highest BCUT2D eigenvalue weighted by Crippen LogP contribution is 2.31. The average Bonchev–Trinajstić information content (AvgIpc) is 2.68. The van der Waals surface area contributed by atoms with Gasteiger partial charge in [0.05, 0.1) is 6.61 Å². The number of carbonyl (C=O) groups excluding carboxylic acids is 2. The van der Waals surface area contributed by atoms with E-state index < -0.39 is 5.97 Å². The minimum Gasteiger partial charge on any atom is -0.462 e. The van der Waals surface area contributed by atoms with Gasteiger partial charge < -0.3 is 15.0 Å². The first-order valence-electron chi connectivity index (χ1n) is 7.72. The molecule has 118 valence electrons. The molecule has 0 aliphatic carbocycles. The number of nitrogens with one attached hydrogen (secondary N) is 1. The molecule has 3 aliphatic heterocycles. The Morgan fingerprint density at radius 1 is 1.45 bits per heavy atom. The number of rotatable bonds is 2. The van der Waals surface area contributed by atoms with Crippen LogP contribution >= 0.6 is 0 Å². The molecule has 0 bridgehead atoms. The van der Waals surface area contributed by atoms with Crippen LogP contribution in [0.4, 0.5) is 0 Å². The minimum absolute atomic E-state index is 0.0498. The van der Waals surface area contributed by atoms with Crippen LogP contribution in [-0.2, 0) is 14.3 Å². The maximum absolute atomic E-state index is 12.5. The fourth-order valence-corrected chi connectivity index (χ4v) is 3.04. The maximum atomic E-state index is 12.5. The zero-order chi connectivity index (χ0) is 15.7. The first-order chi connectivity index (χ1) is 10.6. The number of hydrogen-bond acceptors (Lipinski definition) is 5. The SMILES string of the molecule is CCOC(=O)C1=CN[C@@H]2C=C3C(=CN2C1=O)CCCCN3C. The van der Waals surface area contributed by atoms with Gasteiger partial charge in [-0.25, -0.2) is 4.79 Å². The highest BCUT2D eigenvalue weighted by atomic mass is 16.5. The van der Waals surface area contributed by atoms with Gasteiger partial charge in [-0.3, -0.25) is 9.69 Å². The second-order valence-electron chi connectivity index (χ2n) is 5.69. The monoisotopic (exact) mass is 303 g/mol. The Morgan fingerprint density at radius 2 is 2.27 bits per heavy atom. The van der Waals surface area contributed by atoms with Crippen LogP contribution in [0.5, 0.6) is 0 Å². The van der Waals surface area contributed by atoms with Crippen molar-refractivity contribution in [3.05, 3.63) is 35.3 Å². The summed E-state index contributed by atoms with van der Waals surface area (Å²) in [6.07, 6.45) is 8.35. The van der Waals surface area contributed by atoms with Gasteiger partial charge in [-0.05, 0) is 37.8 Å². The van der Waals surface area contributed by atoms with E-state index in [0.717, 1.165) is 31.4 Å². The number of carbonyl (C=O) groups is 2. The summed E-state index contributed by atoms with van der Waals surface area (Å²) in [5.41, 5.74) is 2.37. The lowest BCUT2D eigenvalue weighted by molar-refractivity contribution is -0.142. The van der Waals surface area contributed by atoms with Crippen molar-refractivity contribution in [2.75, 3.05) is 20.2 Å². The molecule has 0 aromatic heterocycles. The van der Waals surface area contributed by atoms with Gasteiger partial charge in [-0.15, -0.1) is 0 Å². The molecule has 0 radical (unpaired) electrons. The summed E-state index contributed by atoms with van der Waals surface area (Å²) in [5, 5.41) is 3.11. The topological polar surface area (TPSA) is 61.9 Å². The Bertz CT molecular complexity index is 591. The molecule has 3 heterocycles. The summed E-state index contributed by atoms with van der Waals surface area (Å²) in [4.78, 5) is 28.2. The van der Waals surface area contributed by atoms with E-state index in [4.69, 9.17) is 4.74 Å². The third-order valence-electron chi connectivity index (χ3n) is 4.20. The number of amides is 1. The van der Waals surface area contributed by atoms with Gasteiger partial charge in [0.2, 0.25) is 0 Å². The molecule has 0 aromatic rings. The second-order valence-corrected chi connectivity index (χ2v) is 5.69. The lowest BCUT2D eigenvalue weighted by Gasteiger charge is -2.37. The van der Waals surface area contributed by atoms with Crippen LogP contribution in [0.15, 0.2) is 35.3 Å². The number of likely N-dealkylation sites (N-methyl/N-ethyl adjacent to an activating group) is 1. The summed E-state index contributed by atoms with van der Waals surface area (Å²) in [6.45, 7) is 3.00. The van der Waals surface area contributed by atoms with E-state index in [1.165, 1.54) is 11.9 Å². The molecule has 3 rings (SSSR count). The van der Waals surface area contributed by atoms with Gasteiger partial charge in [0.1, 0.15) is 11.7 Å². The summed E-state index contributed by atoms with van der Waals surface area (Å²) in [6, 6.07) is 0. The van der Waals surface area contributed by atoms with Crippen molar-refractivity contribution in [3.8, 4) is 0 Å². The lowest BCUT2D eigenvalue weighted by atomic mass is 10.0. The molecule has 1 N–H and O–H groups in total. The van der Waals surface area contributed by atoms with E-state index in [9.17, 15) is 9.59 Å².